The van der Waals surface area contributed by atoms with Gasteiger partial charge in [-0.3, -0.25) is 4.79 Å². The first-order chi connectivity index (χ1) is 12.9. The van der Waals surface area contributed by atoms with Crippen molar-refractivity contribution in [3.05, 3.63) is 66.0 Å². The molecule has 0 bridgehead atoms. The number of urea groups is 1. The summed E-state index contributed by atoms with van der Waals surface area (Å²) < 4.78 is 18.7. The Bertz CT molecular complexity index is 814. The van der Waals surface area contributed by atoms with Crippen molar-refractivity contribution in [3.63, 3.8) is 0 Å². The first kappa shape index (κ1) is 19.9. The number of anilines is 1. The van der Waals surface area contributed by atoms with Gasteiger partial charge in [-0.15, -0.1) is 0 Å². The van der Waals surface area contributed by atoms with E-state index in [-0.39, 0.29) is 12.1 Å². The second kappa shape index (κ2) is 9.33. The third-order valence-corrected chi connectivity index (χ3v) is 3.68. The van der Waals surface area contributed by atoms with Crippen LogP contribution in [0.1, 0.15) is 12.5 Å². The van der Waals surface area contributed by atoms with Gasteiger partial charge in [-0.05, 0) is 24.6 Å². The number of nitrogens with two attached hydrogens (primary N) is 1. The molecule has 0 aromatic heterocycles. The molecule has 0 spiro atoms. The maximum atomic E-state index is 13.6. The third kappa shape index (κ3) is 6.10. The molecule has 0 saturated heterocycles. The minimum atomic E-state index is -1.20. The zero-order valence-electron chi connectivity index (χ0n) is 14.6. The van der Waals surface area contributed by atoms with Gasteiger partial charge >= 0.3 is 12.0 Å². The average Bonchev–Trinajstić information content (AvgIpc) is 2.63. The Balaban J connectivity index is 2.01. The molecule has 2 rings (SSSR count). The van der Waals surface area contributed by atoms with E-state index in [1.165, 1.54) is 25.1 Å². The molecular formula is C19H20FN3O4. The lowest BCUT2D eigenvalue weighted by molar-refractivity contribution is -0.155. The normalized spacial score (nSPS) is 12.5. The summed E-state index contributed by atoms with van der Waals surface area (Å²) in [7, 11) is 0. The van der Waals surface area contributed by atoms with Crippen LogP contribution in [0.15, 0.2) is 54.6 Å². The topological polar surface area (TPSA) is 111 Å². The van der Waals surface area contributed by atoms with Gasteiger partial charge in [-0.25, -0.2) is 14.0 Å². The first-order valence-electron chi connectivity index (χ1n) is 8.22. The lowest BCUT2D eigenvalue weighted by Crippen LogP contribution is -2.47. The molecule has 0 aliphatic carbocycles. The van der Waals surface area contributed by atoms with Crippen molar-refractivity contribution in [2.45, 2.75) is 25.5 Å². The van der Waals surface area contributed by atoms with Crippen LogP contribution in [0.5, 0.6) is 0 Å². The van der Waals surface area contributed by atoms with Crippen LogP contribution in [0.2, 0.25) is 0 Å². The summed E-state index contributed by atoms with van der Waals surface area (Å²) >= 11 is 0. The number of ether oxygens (including phenoxy) is 1. The SMILES string of the molecule is C[C@@H](OC(=O)[C@H](Cc1ccccc1)NC(N)=O)C(=O)Nc1ccccc1F. The highest BCUT2D eigenvalue weighted by Crippen LogP contribution is 2.13. The van der Waals surface area contributed by atoms with E-state index in [1.807, 2.05) is 6.07 Å². The fourth-order valence-electron chi connectivity index (χ4n) is 2.32. The van der Waals surface area contributed by atoms with Gasteiger partial charge in [0.05, 0.1) is 5.69 Å². The quantitative estimate of drug-likeness (QED) is 0.645. The molecule has 3 amide bonds. The molecule has 2 atom stereocenters. The lowest BCUT2D eigenvalue weighted by atomic mass is 10.1. The number of primary amides is 1. The lowest BCUT2D eigenvalue weighted by Gasteiger charge is -2.20. The van der Waals surface area contributed by atoms with Crippen LogP contribution in [0.4, 0.5) is 14.9 Å². The highest BCUT2D eigenvalue weighted by atomic mass is 19.1. The summed E-state index contributed by atoms with van der Waals surface area (Å²) in [6.07, 6.45) is -1.06. The monoisotopic (exact) mass is 373 g/mol. The van der Waals surface area contributed by atoms with E-state index in [0.717, 1.165) is 5.56 Å². The molecular weight excluding hydrogens is 353 g/mol. The molecule has 2 aromatic rings. The Morgan fingerprint density at radius 1 is 1.07 bits per heavy atom. The van der Waals surface area contributed by atoms with E-state index in [0.29, 0.717) is 0 Å². The molecule has 0 unspecified atom stereocenters. The van der Waals surface area contributed by atoms with E-state index < -0.39 is 35.9 Å². The van der Waals surface area contributed by atoms with Crippen LogP contribution < -0.4 is 16.4 Å². The van der Waals surface area contributed by atoms with Crippen molar-refractivity contribution < 1.29 is 23.5 Å². The number of esters is 1. The maximum Gasteiger partial charge on any atom is 0.329 e. The molecule has 8 heteroatoms. The average molecular weight is 373 g/mol. The van der Waals surface area contributed by atoms with Gasteiger partial charge in [0.15, 0.2) is 6.10 Å². The highest BCUT2D eigenvalue weighted by Gasteiger charge is 2.26. The first-order valence-corrected chi connectivity index (χ1v) is 8.22. The largest absolute Gasteiger partial charge is 0.451 e. The predicted octanol–water partition coefficient (Wildman–Crippen LogP) is 1.98. The van der Waals surface area contributed by atoms with Crippen molar-refractivity contribution in [1.29, 1.82) is 0 Å². The zero-order valence-corrected chi connectivity index (χ0v) is 14.6. The number of benzene rings is 2. The van der Waals surface area contributed by atoms with Crippen molar-refractivity contribution in [1.82, 2.24) is 5.32 Å². The Hall–Kier alpha value is -3.42. The summed E-state index contributed by atoms with van der Waals surface area (Å²) in [5.74, 6) is -2.14. The molecule has 0 saturated carbocycles. The number of hydrogen-bond donors (Lipinski definition) is 3. The standard InChI is InChI=1S/C19H20FN3O4/c1-12(17(24)22-15-10-6-5-9-14(15)20)27-18(25)16(23-19(21)26)11-13-7-3-2-4-8-13/h2-10,12,16H,11H2,1H3,(H,22,24)(H3,21,23,26)/t12-,16+/m1/s1. The van der Waals surface area contributed by atoms with Gasteiger partial charge in [0.2, 0.25) is 0 Å². The van der Waals surface area contributed by atoms with Crippen LogP contribution in [0.25, 0.3) is 0 Å². The maximum absolute atomic E-state index is 13.6. The molecule has 0 heterocycles. The van der Waals surface area contributed by atoms with Crippen LogP contribution in [0, 0.1) is 5.82 Å². The molecule has 0 aliphatic rings. The molecule has 4 N–H and O–H groups in total. The predicted molar refractivity (Wildman–Crippen MR) is 97.2 cm³/mol. The number of carbonyl (C=O) groups excluding carboxylic acids is 3. The number of nitrogens with one attached hydrogen (secondary N) is 2. The molecule has 2 aromatic carbocycles. The number of halogens is 1. The molecule has 0 radical (unpaired) electrons. The Morgan fingerprint density at radius 2 is 1.70 bits per heavy atom. The van der Waals surface area contributed by atoms with Crippen molar-refractivity contribution in [3.8, 4) is 0 Å². The Morgan fingerprint density at radius 3 is 2.33 bits per heavy atom. The van der Waals surface area contributed by atoms with Gasteiger partial charge in [0, 0.05) is 6.42 Å². The Labute approximate surface area is 155 Å². The van der Waals surface area contributed by atoms with Gasteiger partial charge in [0.25, 0.3) is 5.91 Å². The minimum Gasteiger partial charge on any atom is -0.451 e. The van der Waals surface area contributed by atoms with Crippen LogP contribution in [-0.4, -0.2) is 30.1 Å². The van der Waals surface area contributed by atoms with Crippen LogP contribution >= 0.6 is 0 Å². The van der Waals surface area contributed by atoms with E-state index in [4.69, 9.17) is 10.5 Å². The van der Waals surface area contributed by atoms with E-state index in [9.17, 15) is 18.8 Å². The van der Waals surface area contributed by atoms with Crippen molar-refractivity contribution in [2.75, 3.05) is 5.32 Å². The second-order valence-corrected chi connectivity index (χ2v) is 5.80. The minimum absolute atomic E-state index is 0.0264. The summed E-state index contributed by atoms with van der Waals surface area (Å²) in [5, 5.41) is 4.65. The number of amides is 3. The summed E-state index contributed by atoms with van der Waals surface area (Å²) in [6, 6.07) is 12.6. The third-order valence-electron chi connectivity index (χ3n) is 3.68. The molecule has 142 valence electrons. The number of carbonyl (C=O) groups is 3. The van der Waals surface area contributed by atoms with E-state index in [2.05, 4.69) is 10.6 Å². The van der Waals surface area contributed by atoms with E-state index >= 15 is 0 Å². The van der Waals surface area contributed by atoms with E-state index in [1.54, 1.807) is 30.3 Å². The number of rotatable bonds is 7. The molecule has 0 fully saturated rings. The highest BCUT2D eigenvalue weighted by molar-refractivity contribution is 5.95. The van der Waals surface area contributed by atoms with Gasteiger partial charge in [-0.2, -0.15) is 0 Å². The number of para-hydroxylation sites is 1. The fraction of sp³-hybridized carbons (Fsp3) is 0.211. The van der Waals surface area contributed by atoms with Gasteiger partial charge in [0.1, 0.15) is 11.9 Å². The van der Waals surface area contributed by atoms with Crippen molar-refractivity contribution in [2.24, 2.45) is 5.73 Å². The van der Waals surface area contributed by atoms with Gasteiger partial charge < -0.3 is 21.1 Å². The number of hydrogen-bond acceptors (Lipinski definition) is 4. The molecule has 7 nitrogen and oxygen atoms in total. The van der Waals surface area contributed by atoms with Crippen LogP contribution in [0.3, 0.4) is 0 Å². The Kier molecular flexibility index (Phi) is 6.87. The van der Waals surface area contributed by atoms with Gasteiger partial charge in [-0.1, -0.05) is 42.5 Å². The van der Waals surface area contributed by atoms with Crippen LogP contribution in [-0.2, 0) is 20.7 Å². The van der Waals surface area contributed by atoms with Crippen molar-refractivity contribution >= 4 is 23.6 Å². The second-order valence-electron chi connectivity index (χ2n) is 5.80. The zero-order chi connectivity index (χ0) is 19.8. The summed E-state index contributed by atoms with van der Waals surface area (Å²) in [6.45, 7) is 1.35. The molecule has 27 heavy (non-hydrogen) atoms. The summed E-state index contributed by atoms with van der Waals surface area (Å²) in [4.78, 5) is 35.7. The smallest absolute Gasteiger partial charge is 0.329 e. The summed E-state index contributed by atoms with van der Waals surface area (Å²) in [5.41, 5.74) is 5.86. The fourth-order valence-corrected chi connectivity index (χ4v) is 2.32. The molecule has 0 aliphatic heterocycles.